The summed E-state index contributed by atoms with van der Waals surface area (Å²) in [6.45, 7) is 21.0. The number of esters is 1. The summed E-state index contributed by atoms with van der Waals surface area (Å²) in [5.74, 6) is -0.349. The Morgan fingerprint density at radius 1 is 0.577 bits per heavy atom. The molecule has 0 amide bonds. The van der Waals surface area contributed by atoms with Crippen LogP contribution in [0.4, 0.5) is 34.1 Å². The second kappa shape index (κ2) is 23.3. The predicted octanol–water partition coefficient (Wildman–Crippen LogP) is 17.9. The minimum atomic E-state index is -0.254. The van der Waals surface area contributed by atoms with Gasteiger partial charge < -0.3 is 24.5 Å². The molecule has 0 aliphatic carbocycles. The molecule has 0 fully saturated rings. The summed E-state index contributed by atoms with van der Waals surface area (Å²) in [5.41, 5.74) is 19.1. The van der Waals surface area contributed by atoms with Gasteiger partial charge in [-0.15, -0.1) is 71.3 Å². The molecule has 0 saturated carbocycles. The van der Waals surface area contributed by atoms with E-state index in [9.17, 15) is 4.79 Å². The van der Waals surface area contributed by atoms with Crippen LogP contribution in [-0.2, 0) is 52.3 Å². The van der Waals surface area contributed by atoms with Gasteiger partial charge in [-0.25, -0.2) is 0 Å². The number of nitrogens with zero attached hydrogens (tertiary/aromatic N) is 4. The number of hydrogen-bond donors (Lipinski definition) is 0. The number of hydrogen-bond acceptors (Lipinski definition) is 6. The monoisotopic (exact) mass is 1200 g/mol. The largest absolute Gasteiger partial charge is 0.465 e. The van der Waals surface area contributed by atoms with Gasteiger partial charge in [0.2, 0.25) is 0 Å². The van der Waals surface area contributed by atoms with Gasteiger partial charge in [0.15, 0.2) is 0 Å². The van der Waals surface area contributed by atoms with Gasteiger partial charge in [0.1, 0.15) is 0 Å². The summed E-state index contributed by atoms with van der Waals surface area (Å²) in [7, 11) is 0. The summed E-state index contributed by atoms with van der Waals surface area (Å²) in [6.07, 6.45) is 5.56. The number of anilines is 6. The smallest absolute Gasteiger partial charge is 0.308 e. The molecule has 2 aliphatic rings. The third kappa shape index (κ3) is 11.3. The van der Waals surface area contributed by atoms with Crippen molar-refractivity contribution in [2.45, 2.75) is 104 Å². The van der Waals surface area contributed by atoms with E-state index in [2.05, 4.69) is 209 Å². The zero-order valence-electron chi connectivity index (χ0n) is 46.5. The van der Waals surface area contributed by atoms with Crippen molar-refractivity contribution in [3.8, 4) is 22.5 Å². The first-order valence-electron chi connectivity index (χ1n) is 27.3. The third-order valence-electron chi connectivity index (χ3n) is 15.8. The topological polar surface area (TPSA) is 58.6 Å². The molecule has 78 heavy (non-hydrogen) atoms. The van der Waals surface area contributed by atoms with E-state index < -0.39 is 0 Å². The summed E-state index contributed by atoms with van der Waals surface area (Å²) in [6, 6.07) is 72.9. The van der Waals surface area contributed by atoms with Gasteiger partial charge in [-0.3, -0.25) is 4.79 Å². The first-order chi connectivity index (χ1) is 37.1. The molecule has 0 spiro atoms. The van der Waals surface area contributed by atoms with E-state index in [0.717, 1.165) is 39.5 Å². The summed E-state index contributed by atoms with van der Waals surface area (Å²) in [4.78, 5) is 27.6. The SMILES string of the molecule is CCC(CC(C)c1cc(N2c3ccccc3C(C)(C)c3ccccc32)cc(N2c3ccccc3C(C)(C)c3cc(C(C)(C)C)ccc32)c1)C(=O)OCCc1cc[c-]c(-c2ccccn2)c1.[Ir].[c-]1ccccc1-c1ccccn1. The number of rotatable bonds is 12. The molecule has 11 rings (SSSR count). The number of benzene rings is 7. The van der Waals surface area contributed by atoms with Crippen LogP contribution >= 0.6 is 0 Å². The standard InChI is InChI=1S/C60H62N3O2.C11H8N.Ir/c1-10-42(57(64)65-33-31-41-20-19-21-43(35-41)52-25-17-18-32-61-52)34-40(2)44-36-46(62-53-26-14-11-22-48(53)59(6,7)49-23-12-15-27-54(49)62)39-47(37-44)63-55-28-16-13-24-50(55)60(8,9)51-38-45(58(3,4)5)29-30-56(51)63;1-2-6-10(7-3-1)11-8-4-5-9-12-11;/h11-20,22-30,32,35-40,42H,10,31,33-34H2,1-9H3;1-6,8-9H;/q2*-1;. The van der Waals surface area contributed by atoms with E-state index in [1.54, 1.807) is 12.4 Å². The van der Waals surface area contributed by atoms with Crippen molar-refractivity contribution in [3.63, 3.8) is 0 Å². The number of fused-ring (bicyclic) bond motifs is 4. The van der Waals surface area contributed by atoms with E-state index in [0.29, 0.717) is 25.9 Å². The molecule has 2 aliphatic heterocycles. The van der Waals surface area contributed by atoms with E-state index in [1.165, 1.54) is 56.1 Å². The van der Waals surface area contributed by atoms with Crippen molar-refractivity contribution in [2.24, 2.45) is 5.92 Å². The van der Waals surface area contributed by atoms with Crippen molar-refractivity contribution < 1.29 is 29.6 Å². The maximum absolute atomic E-state index is 14.0. The van der Waals surface area contributed by atoms with Crippen molar-refractivity contribution in [1.29, 1.82) is 0 Å². The Hall–Kier alpha value is -7.44. The minimum absolute atomic E-state index is 0. The molecule has 2 atom stereocenters. The first kappa shape index (κ1) is 55.3. The zero-order chi connectivity index (χ0) is 53.9. The quantitative estimate of drug-likeness (QED) is 0.0897. The Kier molecular flexibility index (Phi) is 16.5. The molecule has 1 radical (unpaired) electrons. The molecule has 2 unspecified atom stereocenters. The van der Waals surface area contributed by atoms with Crippen molar-refractivity contribution in [3.05, 3.63) is 252 Å². The fourth-order valence-electron chi connectivity index (χ4n) is 11.3. The molecule has 2 aromatic heterocycles. The molecule has 6 nitrogen and oxygen atoms in total. The predicted molar refractivity (Wildman–Crippen MR) is 317 cm³/mol. The molecule has 0 bridgehead atoms. The van der Waals surface area contributed by atoms with Crippen molar-refractivity contribution in [1.82, 2.24) is 9.97 Å². The van der Waals surface area contributed by atoms with Crippen LogP contribution in [0.25, 0.3) is 22.5 Å². The molecule has 0 saturated heterocycles. The molecular formula is C71H70IrN4O2-2. The number of aromatic nitrogens is 2. The molecular weight excluding hydrogens is 1130 g/mol. The maximum atomic E-state index is 14.0. The Morgan fingerprint density at radius 3 is 1.62 bits per heavy atom. The van der Waals surface area contributed by atoms with Gasteiger partial charge >= 0.3 is 5.97 Å². The zero-order valence-corrected chi connectivity index (χ0v) is 48.9. The van der Waals surface area contributed by atoms with Crippen LogP contribution in [-0.4, -0.2) is 22.5 Å². The van der Waals surface area contributed by atoms with E-state index in [1.807, 2.05) is 72.8 Å². The molecule has 7 aromatic carbocycles. The van der Waals surface area contributed by atoms with Crippen LogP contribution in [0.1, 0.15) is 120 Å². The van der Waals surface area contributed by atoms with Crippen molar-refractivity contribution in [2.75, 3.05) is 16.4 Å². The average molecular weight is 1200 g/mol. The number of carbonyl (C=O) groups is 1. The summed E-state index contributed by atoms with van der Waals surface area (Å²) in [5, 5.41) is 0. The molecule has 7 heteroatoms. The van der Waals surface area contributed by atoms with Crippen LogP contribution in [0.15, 0.2) is 200 Å². The van der Waals surface area contributed by atoms with Crippen LogP contribution in [0.2, 0.25) is 0 Å². The Bertz CT molecular complexity index is 3430. The van der Waals surface area contributed by atoms with Gasteiger partial charge in [-0.05, 0) is 130 Å². The first-order valence-corrected chi connectivity index (χ1v) is 27.3. The van der Waals surface area contributed by atoms with E-state index >= 15 is 0 Å². The molecule has 4 heterocycles. The van der Waals surface area contributed by atoms with Gasteiger partial charge in [0, 0.05) is 54.7 Å². The minimum Gasteiger partial charge on any atom is -0.465 e. The van der Waals surface area contributed by atoms with Crippen LogP contribution in [0.3, 0.4) is 0 Å². The Labute approximate surface area is 477 Å². The van der Waals surface area contributed by atoms with Gasteiger partial charge in [0.25, 0.3) is 0 Å². The molecule has 0 N–H and O–H groups in total. The van der Waals surface area contributed by atoms with Crippen LogP contribution in [0, 0.1) is 18.1 Å². The van der Waals surface area contributed by atoms with E-state index in [-0.39, 0.29) is 54.2 Å². The number of para-hydroxylation sites is 3. The van der Waals surface area contributed by atoms with Gasteiger partial charge in [0.05, 0.1) is 35.3 Å². The third-order valence-corrected chi connectivity index (χ3v) is 15.8. The average Bonchev–Trinajstić information content (AvgIpc) is 3.53. The summed E-state index contributed by atoms with van der Waals surface area (Å²) < 4.78 is 6.07. The summed E-state index contributed by atoms with van der Waals surface area (Å²) >= 11 is 0. The van der Waals surface area contributed by atoms with Crippen LogP contribution < -0.4 is 9.80 Å². The number of pyridine rings is 2. The van der Waals surface area contributed by atoms with Crippen LogP contribution in [0.5, 0.6) is 0 Å². The fraction of sp³-hybridized carbons (Fsp3) is 0.254. The van der Waals surface area contributed by atoms with E-state index in [4.69, 9.17) is 4.74 Å². The normalized spacial score (nSPS) is 14.4. The molecule has 397 valence electrons. The molecule has 9 aromatic rings. The Balaban J connectivity index is 0.000000500. The van der Waals surface area contributed by atoms with Gasteiger partial charge in [-0.1, -0.05) is 153 Å². The number of ether oxygens (including phenoxy) is 1. The Morgan fingerprint density at radius 2 is 1.09 bits per heavy atom. The fourth-order valence-corrected chi connectivity index (χ4v) is 11.3. The van der Waals surface area contributed by atoms with Gasteiger partial charge in [-0.2, -0.15) is 0 Å². The second-order valence-electron chi connectivity index (χ2n) is 22.7. The maximum Gasteiger partial charge on any atom is 0.308 e. The van der Waals surface area contributed by atoms with Crippen molar-refractivity contribution >= 4 is 40.1 Å². The second-order valence-corrected chi connectivity index (χ2v) is 22.7. The number of carbonyl (C=O) groups excluding carboxylic acids is 1.